The van der Waals surface area contributed by atoms with E-state index in [2.05, 4.69) is 20.2 Å². The molecule has 0 amide bonds. The van der Waals surface area contributed by atoms with E-state index in [0.717, 1.165) is 16.5 Å². The lowest BCUT2D eigenvalue weighted by Crippen LogP contribution is -2.20. The molecule has 1 aromatic carbocycles. The first-order chi connectivity index (χ1) is 9.13. The van der Waals surface area contributed by atoms with Gasteiger partial charge in [0, 0.05) is 16.8 Å². The van der Waals surface area contributed by atoms with Gasteiger partial charge >= 0.3 is 0 Å². The summed E-state index contributed by atoms with van der Waals surface area (Å²) in [6.45, 7) is 2.01. The van der Waals surface area contributed by atoms with E-state index >= 15 is 0 Å². The van der Waals surface area contributed by atoms with Gasteiger partial charge in [-0.2, -0.15) is 5.10 Å². The molecule has 7 heteroatoms. The van der Waals surface area contributed by atoms with Crippen LogP contribution in [0.15, 0.2) is 23.4 Å². The second kappa shape index (κ2) is 5.71. The molecule has 0 saturated carbocycles. The number of fused-ring (bicyclic) bond motifs is 1. The minimum absolute atomic E-state index is 0.154. The molecule has 0 aliphatic heterocycles. The lowest BCUT2D eigenvalue weighted by atomic mass is 9.96. The first-order valence-corrected chi connectivity index (χ1v) is 5.94. The highest BCUT2D eigenvalue weighted by Crippen LogP contribution is 2.26. The van der Waals surface area contributed by atoms with Gasteiger partial charge in [0.15, 0.2) is 0 Å². The topological polar surface area (TPSA) is 118 Å². The molecule has 2 unspecified atom stereocenters. The van der Waals surface area contributed by atoms with Crippen molar-refractivity contribution in [3.8, 4) is 0 Å². The number of hydrogen-bond donors (Lipinski definition) is 3. The molecule has 3 N–H and O–H groups in total. The van der Waals surface area contributed by atoms with Crippen molar-refractivity contribution in [2.24, 2.45) is 5.11 Å². The van der Waals surface area contributed by atoms with E-state index in [1.807, 2.05) is 13.0 Å². The van der Waals surface area contributed by atoms with E-state index in [1.54, 1.807) is 12.3 Å². The smallest absolute Gasteiger partial charge is 0.105 e. The van der Waals surface area contributed by atoms with Crippen molar-refractivity contribution in [1.29, 1.82) is 0 Å². The predicted molar refractivity (Wildman–Crippen MR) is 70.4 cm³/mol. The van der Waals surface area contributed by atoms with Crippen molar-refractivity contribution in [1.82, 2.24) is 10.2 Å². The van der Waals surface area contributed by atoms with Crippen LogP contribution in [0.1, 0.15) is 23.7 Å². The molecule has 0 spiro atoms. The van der Waals surface area contributed by atoms with Gasteiger partial charge in [0.2, 0.25) is 0 Å². The van der Waals surface area contributed by atoms with E-state index in [4.69, 9.17) is 5.53 Å². The van der Waals surface area contributed by atoms with Crippen LogP contribution in [0.5, 0.6) is 0 Å². The van der Waals surface area contributed by atoms with Crippen LogP contribution in [0, 0.1) is 6.92 Å². The molecule has 100 valence electrons. The number of hydrogen-bond acceptors (Lipinski definition) is 4. The summed E-state index contributed by atoms with van der Waals surface area (Å²) in [5.74, 6) is 0. The number of benzene rings is 1. The van der Waals surface area contributed by atoms with Crippen molar-refractivity contribution in [2.45, 2.75) is 25.6 Å². The number of aliphatic hydroxyl groups excluding tert-OH is 2. The summed E-state index contributed by atoms with van der Waals surface area (Å²) in [4.78, 5) is 2.61. The monoisotopic (exact) mass is 261 g/mol. The Labute approximate surface area is 109 Å². The summed E-state index contributed by atoms with van der Waals surface area (Å²) in [6.07, 6.45) is -0.0902. The minimum atomic E-state index is -1.01. The SMILES string of the molecule is Cc1cc2[nH]ncc2cc1C(O)C(O)CCN=[N+]=[N-]. The van der Waals surface area contributed by atoms with Gasteiger partial charge in [0.05, 0.1) is 17.8 Å². The van der Waals surface area contributed by atoms with Crippen molar-refractivity contribution in [3.63, 3.8) is 0 Å². The van der Waals surface area contributed by atoms with E-state index in [-0.39, 0.29) is 13.0 Å². The van der Waals surface area contributed by atoms with Gasteiger partial charge in [0.1, 0.15) is 6.10 Å². The maximum absolute atomic E-state index is 10.2. The van der Waals surface area contributed by atoms with Gasteiger partial charge in [-0.1, -0.05) is 5.11 Å². The fraction of sp³-hybridized carbons (Fsp3) is 0.417. The molecule has 1 aromatic heterocycles. The molecular formula is C12H15N5O2. The summed E-state index contributed by atoms with van der Waals surface area (Å²) in [5, 5.41) is 31.0. The molecule has 0 bridgehead atoms. The maximum atomic E-state index is 10.2. The Balaban J connectivity index is 2.21. The van der Waals surface area contributed by atoms with Crippen LogP contribution in [0.25, 0.3) is 21.3 Å². The summed E-state index contributed by atoms with van der Waals surface area (Å²) in [5.41, 5.74) is 10.6. The first-order valence-electron chi connectivity index (χ1n) is 5.94. The molecule has 2 atom stereocenters. The van der Waals surface area contributed by atoms with Crippen LogP contribution in [0.4, 0.5) is 0 Å². The number of nitrogens with one attached hydrogen (secondary N) is 1. The Bertz CT molecular complexity index is 618. The van der Waals surface area contributed by atoms with Crippen LogP contribution < -0.4 is 0 Å². The van der Waals surface area contributed by atoms with Crippen LogP contribution in [0.3, 0.4) is 0 Å². The van der Waals surface area contributed by atoms with Crippen LogP contribution in [0.2, 0.25) is 0 Å². The third kappa shape index (κ3) is 2.85. The second-order valence-corrected chi connectivity index (χ2v) is 4.42. The number of nitrogens with zero attached hydrogens (tertiary/aromatic N) is 4. The fourth-order valence-corrected chi connectivity index (χ4v) is 2.04. The second-order valence-electron chi connectivity index (χ2n) is 4.42. The lowest BCUT2D eigenvalue weighted by Gasteiger charge is -2.19. The molecule has 0 fully saturated rings. The summed E-state index contributed by atoms with van der Waals surface area (Å²) >= 11 is 0. The van der Waals surface area contributed by atoms with Crippen LogP contribution in [-0.4, -0.2) is 33.1 Å². The Kier molecular flexibility index (Phi) is 4.01. The molecule has 7 nitrogen and oxygen atoms in total. The Hall–Kier alpha value is -2.08. The van der Waals surface area contributed by atoms with Gasteiger partial charge in [-0.3, -0.25) is 5.10 Å². The van der Waals surface area contributed by atoms with Gasteiger partial charge in [0.25, 0.3) is 0 Å². The molecule has 2 aromatic rings. The lowest BCUT2D eigenvalue weighted by molar-refractivity contribution is 0.0147. The highest BCUT2D eigenvalue weighted by Gasteiger charge is 2.20. The van der Waals surface area contributed by atoms with E-state index in [1.165, 1.54) is 0 Å². The third-order valence-corrected chi connectivity index (χ3v) is 3.10. The van der Waals surface area contributed by atoms with E-state index in [9.17, 15) is 10.2 Å². The standard InChI is InChI=1S/C12H15N5O2/c1-7-4-10-8(6-15-16-10)5-9(7)12(19)11(18)2-3-14-17-13/h4-6,11-12,18-19H,2-3H2,1H3,(H,15,16). The van der Waals surface area contributed by atoms with Crippen molar-refractivity contribution >= 4 is 10.9 Å². The molecule has 19 heavy (non-hydrogen) atoms. The van der Waals surface area contributed by atoms with Gasteiger partial charge in [-0.05, 0) is 42.1 Å². The number of rotatable bonds is 5. The van der Waals surface area contributed by atoms with E-state index in [0.29, 0.717) is 5.56 Å². The molecule has 0 aliphatic rings. The molecule has 0 radical (unpaired) electrons. The van der Waals surface area contributed by atoms with Crippen molar-refractivity contribution < 1.29 is 10.2 Å². The first kappa shape index (κ1) is 13.4. The number of aryl methyl sites for hydroxylation is 1. The predicted octanol–water partition coefficient (Wildman–Crippen LogP) is 1.97. The molecule has 1 heterocycles. The van der Waals surface area contributed by atoms with Crippen LogP contribution in [-0.2, 0) is 0 Å². The highest BCUT2D eigenvalue weighted by molar-refractivity contribution is 5.79. The third-order valence-electron chi connectivity index (χ3n) is 3.10. The zero-order valence-electron chi connectivity index (χ0n) is 10.5. The molecule has 0 aliphatic carbocycles. The van der Waals surface area contributed by atoms with Gasteiger partial charge in [-0.15, -0.1) is 0 Å². The number of aromatic amines is 1. The quantitative estimate of drug-likeness (QED) is 0.433. The number of azide groups is 1. The number of aromatic nitrogens is 2. The van der Waals surface area contributed by atoms with Crippen molar-refractivity contribution in [2.75, 3.05) is 6.54 Å². The average molecular weight is 261 g/mol. The van der Waals surface area contributed by atoms with Gasteiger partial charge < -0.3 is 10.2 Å². The van der Waals surface area contributed by atoms with Crippen LogP contribution >= 0.6 is 0 Å². The van der Waals surface area contributed by atoms with E-state index < -0.39 is 12.2 Å². The summed E-state index contributed by atoms with van der Waals surface area (Å²) < 4.78 is 0. The normalized spacial score (nSPS) is 14.1. The number of aliphatic hydroxyl groups is 2. The van der Waals surface area contributed by atoms with Gasteiger partial charge in [-0.25, -0.2) is 0 Å². The molecule has 0 saturated heterocycles. The minimum Gasteiger partial charge on any atom is -0.390 e. The number of H-pyrrole nitrogens is 1. The Morgan fingerprint density at radius 1 is 1.47 bits per heavy atom. The summed E-state index contributed by atoms with van der Waals surface area (Å²) in [6, 6.07) is 3.68. The fourth-order valence-electron chi connectivity index (χ4n) is 2.04. The Morgan fingerprint density at radius 3 is 3.00 bits per heavy atom. The largest absolute Gasteiger partial charge is 0.390 e. The zero-order chi connectivity index (χ0) is 13.8. The molecular weight excluding hydrogens is 246 g/mol. The maximum Gasteiger partial charge on any atom is 0.105 e. The highest BCUT2D eigenvalue weighted by atomic mass is 16.3. The average Bonchev–Trinajstić information content (AvgIpc) is 2.84. The Morgan fingerprint density at radius 2 is 2.26 bits per heavy atom. The summed E-state index contributed by atoms with van der Waals surface area (Å²) in [7, 11) is 0. The zero-order valence-corrected chi connectivity index (χ0v) is 10.5. The molecule has 2 rings (SSSR count). The van der Waals surface area contributed by atoms with Crippen molar-refractivity contribution in [3.05, 3.63) is 39.9 Å².